The first kappa shape index (κ1) is 51.7. The van der Waals surface area contributed by atoms with Gasteiger partial charge in [0.05, 0.1) is 45.2 Å². The molecule has 9 atom stereocenters. The van der Waals surface area contributed by atoms with Crippen molar-refractivity contribution in [1.29, 1.82) is 0 Å². The quantitative estimate of drug-likeness (QED) is 0.0498. The van der Waals surface area contributed by atoms with Crippen molar-refractivity contribution < 1.29 is 18.9 Å². The molecule has 0 aromatic heterocycles. The zero-order valence-corrected chi connectivity index (χ0v) is 41.6. The van der Waals surface area contributed by atoms with Gasteiger partial charge in [0.25, 0.3) is 0 Å². The summed E-state index contributed by atoms with van der Waals surface area (Å²) in [7, 11) is 0. The lowest BCUT2D eigenvalue weighted by Gasteiger charge is -2.58. The van der Waals surface area contributed by atoms with E-state index in [4.69, 9.17) is 18.9 Å². The largest absolute Gasteiger partial charge is 0.379 e. The molecule has 1 heterocycles. The maximum atomic E-state index is 6.52. The molecule has 356 valence electrons. The second-order valence-electron chi connectivity index (χ2n) is 21.8. The molecule has 0 aromatic carbocycles. The van der Waals surface area contributed by atoms with E-state index in [-0.39, 0.29) is 6.10 Å². The molecule has 5 aliphatic rings. The minimum Gasteiger partial charge on any atom is -0.379 e. The molecule has 5 heteroatoms. The molecule has 0 amide bonds. The summed E-state index contributed by atoms with van der Waals surface area (Å²) in [5, 5.41) is 0. The van der Waals surface area contributed by atoms with Crippen LogP contribution in [0.15, 0.2) is 48.1 Å². The lowest BCUT2D eigenvalue weighted by atomic mass is 9.47. The van der Waals surface area contributed by atoms with Crippen molar-refractivity contribution in [2.45, 2.75) is 208 Å². The van der Waals surface area contributed by atoms with Gasteiger partial charge in [-0.3, -0.25) is 4.90 Å². The normalized spacial score (nSPS) is 29.9. The van der Waals surface area contributed by atoms with Crippen molar-refractivity contribution in [3.63, 3.8) is 0 Å². The van der Waals surface area contributed by atoms with E-state index in [0.29, 0.717) is 50.0 Å². The number of ether oxygens (including phenoxy) is 4. The van der Waals surface area contributed by atoms with E-state index in [9.17, 15) is 0 Å². The van der Waals surface area contributed by atoms with Gasteiger partial charge >= 0.3 is 0 Å². The molecule has 3 fully saturated rings. The lowest BCUT2D eigenvalue weighted by Crippen LogP contribution is -2.51. The van der Waals surface area contributed by atoms with Crippen LogP contribution in [-0.2, 0) is 18.9 Å². The first-order chi connectivity index (χ1) is 30.2. The average Bonchev–Trinajstić information content (AvgIpc) is 3.63. The van der Waals surface area contributed by atoms with Gasteiger partial charge in [-0.2, -0.15) is 0 Å². The van der Waals surface area contributed by atoms with Crippen LogP contribution in [0.2, 0.25) is 0 Å². The summed E-state index contributed by atoms with van der Waals surface area (Å²) in [5.41, 5.74) is 2.67. The van der Waals surface area contributed by atoms with Crippen LogP contribution in [0.4, 0.5) is 0 Å². The number of allylic oxidation sites excluding steroid dienone is 5. The molecule has 0 aromatic rings. The van der Waals surface area contributed by atoms with E-state index < -0.39 is 0 Å². The summed E-state index contributed by atoms with van der Waals surface area (Å²) in [4.78, 5) is 2.49. The predicted octanol–water partition coefficient (Wildman–Crippen LogP) is 14.9. The smallest absolute Gasteiger partial charge is 0.0936 e. The molecule has 1 aliphatic heterocycles. The second-order valence-corrected chi connectivity index (χ2v) is 21.8. The summed E-state index contributed by atoms with van der Waals surface area (Å²) < 4.78 is 25.2. The fraction of sp³-hybridized carbons (Fsp3) is 0.860. The Hall–Kier alpha value is -1.24. The Kier molecular flexibility index (Phi) is 24.0. The Balaban J connectivity index is 0.913. The highest BCUT2D eigenvalue weighted by molar-refractivity contribution is 5.25. The molecule has 0 saturated heterocycles. The molecular formula is C57H99NO4. The van der Waals surface area contributed by atoms with Crippen molar-refractivity contribution in [2.75, 3.05) is 59.3 Å². The third kappa shape index (κ3) is 16.6. The van der Waals surface area contributed by atoms with Crippen LogP contribution >= 0.6 is 0 Å². The first-order valence-corrected chi connectivity index (χ1v) is 27.0. The van der Waals surface area contributed by atoms with Gasteiger partial charge in [-0.25, -0.2) is 0 Å². The van der Waals surface area contributed by atoms with E-state index >= 15 is 0 Å². The van der Waals surface area contributed by atoms with Gasteiger partial charge in [0, 0.05) is 26.2 Å². The molecule has 3 saturated carbocycles. The van der Waals surface area contributed by atoms with E-state index in [1.807, 2.05) is 0 Å². The Labute approximate surface area is 384 Å². The standard InChI is InChI=1S/C57H99NO4/c1-7-8-9-10-11-12-13-14-15-16-17-18-19-20-21-25-39-60-46-51(45-58-37-23-22-24-38-58)62-43-41-59-40-42-61-50-33-35-56(5)49(44-50)29-30-52-54-32-31-53(48(4)28-26-27-47(2)3)57(54,6)36-34-55(52)56/h11-12,14-15,22-23,29,47-48,50-55H,7-10,13,16-21,24-28,30-46H2,1-6H3/t48-,50+,51?,52?,53-,54?,55?,56+,57-/m1/s1. The van der Waals surface area contributed by atoms with E-state index in [0.717, 1.165) is 87.4 Å². The van der Waals surface area contributed by atoms with Crippen molar-refractivity contribution in [1.82, 2.24) is 4.90 Å². The maximum Gasteiger partial charge on any atom is 0.0936 e. The number of rotatable bonds is 32. The van der Waals surface area contributed by atoms with Crippen LogP contribution in [0.1, 0.15) is 196 Å². The first-order valence-electron chi connectivity index (χ1n) is 27.0. The molecular weight excluding hydrogens is 763 g/mol. The summed E-state index contributed by atoms with van der Waals surface area (Å²) in [5.74, 6) is 5.35. The van der Waals surface area contributed by atoms with Gasteiger partial charge < -0.3 is 18.9 Å². The molecule has 0 N–H and O–H groups in total. The monoisotopic (exact) mass is 862 g/mol. The highest BCUT2D eigenvalue weighted by atomic mass is 16.6. The molecule has 5 nitrogen and oxygen atoms in total. The van der Waals surface area contributed by atoms with Gasteiger partial charge in [0.15, 0.2) is 0 Å². The highest BCUT2D eigenvalue weighted by Crippen LogP contribution is 2.67. The van der Waals surface area contributed by atoms with Crippen molar-refractivity contribution in [3.8, 4) is 0 Å². The third-order valence-corrected chi connectivity index (χ3v) is 16.8. The van der Waals surface area contributed by atoms with E-state index in [1.54, 1.807) is 5.57 Å². The lowest BCUT2D eigenvalue weighted by molar-refractivity contribution is -0.0733. The number of nitrogens with zero attached hydrogens (tertiary/aromatic N) is 1. The minimum absolute atomic E-state index is 0.0852. The molecule has 0 spiro atoms. The van der Waals surface area contributed by atoms with Gasteiger partial charge in [-0.1, -0.05) is 147 Å². The fourth-order valence-electron chi connectivity index (χ4n) is 13.1. The summed E-state index contributed by atoms with van der Waals surface area (Å²) >= 11 is 0. The third-order valence-electron chi connectivity index (χ3n) is 16.8. The zero-order chi connectivity index (χ0) is 43.9. The Morgan fingerprint density at radius 1 is 0.742 bits per heavy atom. The Morgan fingerprint density at radius 3 is 2.29 bits per heavy atom. The van der Waals surface area contributed by atoms with Crippen molar-refractivity contribution in [3.05, 3.63) is 48.1 Å². The predicted molar refractivity (Wildman–Crippen MR) is 264 cm³/mol. The van der Waals surface area contributed by atoms with Crippen molar-refractivity contribution in [2.24, 2.45) is 46.3 Å². The van der Waals surface area contributed by atoms with Crippen LogP contribution in [0, 0.1) is 46.3 Å². The molecule has 5 rings (SSSR count). The molecule has 0 bridgehead atoms. The number of fused-ring (bicyclic) bond motifs is 5. The topological polar surface area (TPSA) is 40.2 Å². The Morgan fingerprint density at radius 2 is 1.52 bits per heavy atom. The molecule has 4 aliphatic carbocycles. The summed E-state index contributed by atoms with van der Waals surface area (Å²) in [6.07, 6.45) is 48.5. The molecule has 62 heavy (non-hydrogen) atoms. The van der Waals surface area contributed by atoms with Crippen LogP contribution < -0.4 is 0 Å². The average molecular weight is 862 g/mol. The highest BCUT2D eigenvalue weighted by Gasteiger charge is 2.59. The van der Waals surface area contributed by atoms with Crippen LogP contribution in [0.25, 0.3) is 0 Å². The summed E-state index contributed by atoms with van der Waals surface area (Å²) in [6.45, 7) is 22.1. The van der Waals surface area contributed by atoms with Crippen LogP contribution in [-0.4, -0.2) is 76.4 Å². The SMILES string of the molecule is CCCCCC=CCC=CCCCCCCCCOCC(CN1CC=CCC1)OCCOCCO[C@H]1CC[C@@]2(C)C(=CCC3C2CC[C@@]2(C)C3CC[C@@H]2[C@H](C)CCCC(C)C)C1. The van der Waals surface area contributed by atoms with Gasteiger partial charge in [-0.15, -0.1) is 0 Å². The Bertz CT molecular complexity index is 1320. The van der Waals surface area contributed by atoms with Gasteiger partial charge in [0.1, 0.15) is 0 Å². The van der Waals surface area contributed by atoms with Crippen LogP contribution in [0.5, 0.6) is 0 Å². The number of hydrogen-bond acceptors (Lipinski definition) is 5. The minimum atomic E-state index is 0.0852. The number of unbranched alkanes of at least 4 members (excludes halogenated alkanes) is 9. The van der Waals surface area contributed by atoms with Gasteiger partial charge in [0.2, 0.25) is 0 Å². The number of hydrogen-bond donors (Lipinski definition) is 0. The van der Waals surface area contributed by atoms with Crippen LogP contribution in [0.3, 0.4) is 0 Å². The second kappa shape index (κ2) is 28.7. The summed E-state index contributed by atoms with van der Waals surface area (Å²) in [6, 6.07) is 0. The zero-order valence-electron chi connectivity index (χ0n) is 41.6. The van der Waals surface area contributed by atoms with E-state index in [2.05, 4.69) is 89.0 Å². The molecule has 0 radical (unpaired) electrons. The van der Waals surface area contributed by atoms with Gasteiger partial charge in [-0.05, 0) is 143 Å². The fourth-order valence-corrected chi connectivity index (χ4v) is 13.1. The van der Waals surface area contributed by atoms with Crippen molar-refractivity contribution >= 4 is 0 Å². The van der Waals surface area contributed by atoms with E-state index in [1.165, 1.54) is 128 Å². The maximum absolute atomic E-state index is 6.52. The molecule has 4 unspecified atom stereocenters.